The van der Waals surface area contributed by atoms with E-state index >= 15 is 0 Å². The van der Waals surface area contributed by atoms with Gasteiger partial charge < -0.3 is 17.3 Å². The van der Waals surface area contributed by atoms with Gasteiger partial charge in [0.2, 0.25) is 0 Å². The van der Waals surface area contributed by atoms with Gasteiger partial charge in [-0.25, -0.2) is 0 Å². The van der Waals surface area contributed by atoms with Crippen LogP contribution in [0.1, 0.15) is 6.42 Å². The second kappa shape index (κ2) is 3.33. The number of hydrogen-bond donors (Lipinski definition) is 0. The summed E-state index contributed by atoms with van der Waals surface area (Å²) >= 11 is 0. The maximum Gasteiger partial charge on any atom is 0.673 e. The third kappa shape index (κ3) is 3.60. The van der Waals surface area contributed by atoms with Crippen molar-refractivity contribution in [1.82, 2.24) is 0 Å². The van der Waals surface area contributed by atoms with Gasteiger partial charge in [-0.1, -0.05) is 24.3 Å². The van der Waals surface area contributed by atoms with Crippen LogP contribution < -0.4 is 0 Å². The van der Waals surface area contributed by atoms with E-state index in [1.165, 1.54) is 6.42 Å². The molecule has 2 aliphatic rings. The lowest BCUT2D eigenvalue weighted by atomic mass is 10.2. The SMILES string of the molecule is C1=CC2C=CC1C2.F[B-](F)(F)F. The van der Waals surface area contributed by atoms with E-state index in [1.54, 1.807) is 0 Å². The molecule has 0 fully saturated rings. The van der Waals surface area contributed by atoms with E-state index in [-0.39, 0.29) is 0 Å². The van der Waals surface area contributed by atoms with Crippen molar-refractivity contribution in [1.29, 1.82) is 0 Å². The number of allylic oxidation sites excluding steroid dienone is 4. The van der Waals surface area contributed by atoms with Crippen molar-refractivity contribution < 1.29 is 17.3 Å². The molecule has 0 aliphatic heterocycles. The first kappa shape index (κ1) is 9.35. The van der Waals surface area contributed by atoms with Gasteiger partial charge in [-0.15, -0.1) is 0 Å². The maximum atomic E-state index is 9.75. The topological polar surface area (TPSA) is 0 Å². The average molecular weight is 179 g/mol. The fourth-order valence-corrected chi connectivity index (χ4v) is 1.33. The van der Waals surface area contributed by atoms with Crippen LogP contribution in [0.3, 0.4) is 0 Å². The van der Waals surface area contributed by atoms with Crippen LogP contribution in [0, 0.1) is 11.8 Å². The Bertz CT molecular complexity index is 172. The van der Waals surface area contributed by atoms with E-state index < -0.39 is 7.25 Å². The fourth-order valence-electron chi connectivity index (χ4n) is 1.33. The van der Waals surface area contributed by atoms with Gasteiger partial charge in [0.25, 0.3) is 0 Å². The summed E-state index contributed by atoms with van der Waals surface area (Å²) in [6, 6.07) is 0. The zero-order chi connectivity index (χ0) is 9.19. The van der Waals surface area contributed by atoms with Gasteiger partial charge in [0.1, 0.15) is 0 Å². The molecule has 12 heavy (non-hydrogen) atoms. The molecular weight excluding hydrogens is 171 g/mol. The van der Waals surface area contributed by atoms with E-state index in [9.17, 15) is 17.3 Å². The van der Waals surface area contributed by atoms with Gasteiger partial charge in [-0.2, -0.15) is 0 Å². The van der Waals surface area contributed by atoms with Crippen molar-refractivity contribution in [2.24, 2.45) is 11.8 Å². The minimum absolute atomic E-state index is 0.810. The zero-order valence-corrected chi connectivity index (χ0v) is 6.26. The molecule has 0 aromatic rings. The van der Waals surface area contributed by atoms with Crippen LogP contribution in [0.2, 0.25) is 0 Å². The summed E-state index contributed by atoms with van der Waals surface area (Å²) in [6.45, 7) is 0. The molecule has 0 aromatic heterocycles. The van der Waals surface area contributed by atoms with Crippen molar-refractivity contribution >= 4 is 7.25 Å². The number of rotatable bonds is 0. The third-order valence-electron chi connectivity index (χ3n) is 1.76. The van der Waals surface area contributed by atoms with Crippen LogP contribution in [0.15, 0.2) is 24.3 Å². The molecule has 0 heterocycles. The highest BCUT2D eigenvalue weighted by Crippen LogP contribution is 2.31. The molecule has 0 radical (unpaired) electrons. The summed E-state index contributed by atoms with van der Waals surface area (Å²) in [5.74, 6) is 1.62. The van der Waals surface area contributed by atoms with Crippen molar-refractivity contribution in [3.05, 3.63) is 24.3 Å². The summed E-state index contributed by atoms with van der Waals surface area (Å²) in [5.41, 5.74) is 0. The van der Waals surface area contributed by atoms with Gasteiger partial charge in [-0.3, -0.25) is 0 Å². The lowest BCUT2D eigenvalue weighted by Gasteiger charge is -1.94. The Labute approximate surface area is 68.1 Å². The van der Waals surface area contributed by atoms with Gasteiger partial charge in [-0.05, 0) is 18.3 Å². The number of fused-ring (bicyclic) bond motifs is 2. The predicted octanol–water partition coefficient (Wildman–Crippen LogP) is 3.05. The van der Waals surface area contributed by atoms with E-state index in [1.807, 2.05) is 0 Å². The van der Waals surface area contributed by atoms with Gasteiger partial charge in [0.15, 0.2) is 0 Å². The summed E-state index contributed by atoms with van der Waals surface area (Å²) in [4.78, 5) is 0. The predicted molar refractivity (Wildman–Crippen MR) is 40.1 cm³/mol. The summed E-state index contributed by atoms with van der Waals surface area (Å²) in [7, 11) is -6.00. The molecule has 0 amide bonds. The highest BCUT2D eigenvalue weighted by Gasteiger charge is 2.20. The number of hydrogen-bond acceptors (Lipinski definition) is 0. The lowest BCUT2D eigenvalue weighted by molar-refractivity contribution is 0.368. The molecule has 0 atom stereocenters. The van der Waals surface area contributed by atoms with Gasteiger partial charge >= 0.3 is 7.25 Å². The minimum atomic E-state index is -6.00. The third-order valence-corrected chi connectivity index (χ3v) is 1.76. The van der Waals surface area contributed by atoms with E-state index in [2.05, 4.69) is 24.3 Å². The Hall–Kier alpha value is -0.735. The zero-order valence-electron chi connectivity index (χ0n) is 6.26. The van der Waals surface area contributed by atoms with Crippen molar-refractivity contribution in [2.45, 2.75) is 6.42 Å². The molecule has 0 nitrogen and oxygen atoms in total. The Morgan fingerprint density at radius 1 is 0.833 bits per heavy atom. The molecule has 68 valence electrons. The second-order valence-electron chi connectivity index (χ2n) is 2.83. The van der Waals surface area contributed by atoms with Crippen LogP contribution in [0.25, 0.3) is 0 Å². The van der Waals surface area contributed by atoms with E-state index in [0.29, 0.717) is 0 Å². The molecule has 0 saturated heterocycles. The molecule has 0 unspecified atom stereocenters. The normalized spacial score (nSPS) is 30.3. The minimum Gasteiger partial charge on any atom is -0.418 e. The monoisotopic (exact) mass is 179 g/mol. The first-order valence-electron chi connectivity index (χ1n) is 3.69. The molecular formula is C7H8BF4-. The molecule has 2 bridgehead atoms. The largest absolute Gasteiger partial charge is 0.673 e. The summed E-state index contributed by atoms with van der Waals surface area (Å²) < 4.78 is 39.0. The molecule has 2 aliphatic carbocycles. The Morgan fingerprint density at radius 2 is 1.08 bits per heavy atom. The van der Waals surface area contributed by atoms with Crippen molar-refractivity contribution in [3.8, 4) is 0 Å². The molecule has 5 heteroatoms. The van der Waals surface area contributed by atoms with Gasteiger partial charge in [0, 0.05) is 0 Å². The van der Waals surface area contributed by atoms with Gasteiger partial charge in [0.05, 0.1) is 0 Å². The van der Waals surface area contributed by atoms with E-state index in [4.69, 9.17) is 0 Å². The highest BCUT2D eigenvalue weighted by molar-refractivity contribution is 6.50. The van der Waals surface area contributed by atoms with Crippen molar-refractivity contribution in [2.75, 3.05) is 0 Å². The first-order chi connectivity index (χ1) is 5.45. The van der Waals surface area contributed by atoms with Crippen LogP contribution in [0.5, 0.6) is 0 Å². The molecule has 0 saturated carbocycles. The Kier molecular flexibility index (Phi) is 2.60. The van der Waals surface area contributed by atoms with Crippen molar-refractivity contribution in [3.63, 3.8) is 0 Å². The Morgan fingerprint density at radius 3 is 1.17 bits per heavy atom. The number of halogens is 4. The summed E-state index contributed by atoms with van der Waals surface area (Å²) in [5, 5.41) is 0. The second-order valence-corrected chi connectivity index (χ2v) is 2.83. The van der Waals surface area contributed by atoms with Crippen LogP contribution in [-0.2, 0) is 0 Å². The smallest absolute Gasteiger partial charge is 0.418 e. The molecule has 0 spiro atoms. The quantitative estimate of drug-likeness (QED) is 0.304. The van der Waals surface area contributed by atoms with Crippen LogP contribution >= 0.6 is 0 Å². The lowest BCUT2D eigenvalue weighted by Crippen LogP contribution is -2.02. The molecule has 0 N–H and O–H groups in total. The van der Waals surface area contributed by atoms with E-state index in [0.717, 1.165) is 11.8 Å². The highest BCUT2D eigenvalue weighted by atomic mass is 19.5. The fraction of sp³-hybridized carbons (Fsp3) is 0.429. The molecule has 2 rings (SSSR count). The standard InChI is InChI=1S/C7H8.BF4/c1-2-7-4-3-6(1)5-7;2-1(3,4)5/h1-4,6-7H,5H2;/q;-1. The maximum absolute atomic E-state index is 9.75. The average Bonchev–Trinajstić information content (AvgIpc) is 2.42. The molecule has 0 aromatic carbocycles. The summed E-state index contributed by atoms with van der Waals surface area (Å²) in [6.07, 6.45) is 10.5. The first-order valence-corrected chi connectivity index (χ1v) is 3.69. The van der Waals surface area contributed by atoms with Crippen LogP contribution in [0.4, 0.5) is 17.3 Å². The Balaban J connectivity index is 0.000000130. The van der Waals surface area contributed by atoms with Crippen LogP contribution in [-0.4, -0.2) is 7.25 Å².